The standard InChI is InChI=1S/C26H21ClFNO5/c1-33-19-10-3-15(4-11-19)14-29-23(16-5-7-17(27)8-6-16)22(25(31)26(29)32)24(30)20-13-18(28)9-12-21(20)34-2/h3-13,23,30H,14H2,1-2H3/b24-22+. The summed E-state index contributed by atoms with van der Waals surface area (Å²) in [6.45, 7) is 0.0962. The number of ether oxygens (including phenoxy) is 2. The number of carbonyl (C=O) groups is 2. The molecule has 34 heavy (non-hydrogen) atoms. The second-order valence-corrected chi connectivity index (χ2v) is 8.11. The fraction of sp³-hybridized carbons (Fsp3) is 0.154. The maximum Gasteiger partial charge on any atom is 0.295 e. The zero-order chi connectivity index (χ0) is 24.4. The van der Waals surface area contributed by atoms with Crippen molar-refractivity contribution in [2.45, 2.75) is 12.6 Å². The Bertz CT molecular complexity index is 1270. The van der Waals surface area contributed by atoms with Gasteiger partial charge < -0.3 is 19.5 Å². The first-order chi connectivity index (χ1) is 16.3. The van der Waals surface area contributed by atoms with E-state index in [-0.39, 0.29) is 23.4 Å². The molecule has 1 aliphatic rings. The van der Waals surface area contributed by atoms with E-state index in [9.17, 15) is 19.1 Å². The molecule has 1 amide bonds. The van der Waals surface area contributed by atoms with Crippen molar-refractivity contribution in [3.8, 4) is 11.5 Å². The molecular formula is C26H21ClFNO5. The van der Waals surface area contributed by atoms with Crippen molar-refractivity contribution in [3.63, 3.8) is 0 Å². The third-order valence-corrected chi connectivity index (χ3v) is 5.91. The molecule has 1 heterocycles. The molecule has 0 aromatic heterocycles. The maximum atomic E-state index is 14.0. The Morgan fingerprint density at radius 2 is 1.68 bits per heavy atom. The molecule has 0 aliphatic carbocycles. The molecule has 1 N–H and O–H groups in total. The molecule has 174 valence electrons. The summed E-state index contributed by atoms with van der Waals surface area (Å²) in [4.78, 5) is 27.7. The normalized spacial score (nSPS) is 17.2. The smallest absolute Gasteiger partial charge is 0.295 e. The van der Waals surface area contributed by atoms with Crippen LogP contribution in [0.15, 0.2) is 72.3 Å². The number of benzene rings is 3. The lowest BCUT2D eigenvalue weighted by atomic mass is 9.95. The molecule has 0 radical (unpaired) electrons. The number of likely N-dealkylation sites (tertiary alicyclic amines) is 1. The second kappa shape index (κ2) is 9.57. The molecule has 3 aromatic carbocycles. The Morgan fingerprint density at radius 1 is 1.00 bits per heavy atom. The van der Waals surface area contributed by atoms with Gasteiger partial charge in [-0.1, -0.05) is 35.9 Å². The number of ketones is 1. The molecule has 1 unspecified atom stereocenters. The van der Waals surface area contributed by atoms with Gasteiger partial charge in [0.25, 0.3) is 11.7 Å². The number of amides is 1. The SMILES string of the molecule is COc1ccc(CN2C(=O)C(=O)/C(=C(/O)c3cc(F)ccc3OC)C2c2ccc(Cl)cc2)cc1. The minimum Gasteiger partial charge on any atom is -0.507 e. The van der Waals surface area contributed by atoms with E-state index in [1.54, 1.807) is 55.6 Å². The highest BCUT2D eigenvalue weighted by Gasteiger charge is 2.46. The Labute approximate surface area is 200 Å². The van der Waals surface area contributed by atoms with E-state index in [0.717, 1.165) is 11.6 Å². The van der Waals surface area contributed by atoms with Crippen molar-refractivity contribution in [1.29, 1.82) is 0 Å². The quantitative estimate of drug-likeness (QED) is 0.300. The van der Waals surface area contributed by atoms with Crippen LogP contribution in [0.25, 0.3) is 5.76 Å². The molecule has 8 heteroatoms. The predicted octanol–water partition coefficient (Wildman–Crippen LogP) is 5.12. The van der Waals surface area contributed by atoms with Gasteiger partial charge >= 0.3 is 0 Å². The number of aliphatic hydroxyl groups excluding tert-OH is 1. The highest BCUT2D eigenvalue weighted by molar-refractivity contribution is 6.46. The number of nitrogens with zero attached hydrogens (tertiary/aromatic N) is 1. The minimum absolute atomic E-state index is 0.0242. The molecule has 1 fully saturated rings. The van der Waals surface area contributed by atoms with Gasteiger partial charge in [0, 0.05) is 11.6 Å². The van der Waals surface area contributed by atoms with E-state index >= 15 is 0 Å². The number of hydrogen-bond acceptors (Lipinski definition) is 5. The van der Waals surface area contributed by atoms with Crippen LogP contribution in [0.2, 0.25) is 5.02 Å². The molecule has 6 nitrogen and oxygen atoms in total. The van der Waals surface area contributed by atoms with Crippen LogP contribution in [0.4, 0.5) is 4.39 Å². The summed E-state index contributed by atoms with van der Waals surface area (Å²) in [6, 6.07) is 16.3. The van der Waals surface area contributed by atoms with E-state index < -0.39 is 29.3 Å². The van der Waals surface area contributed by atoms with E-state index in [1.807, 2.05) is 0 Å². The van der Waals surface area contributed by atoms with Gasteiger partial charge in [0.1, 0.15) is 23.1 Å². The summed E-state index contributed by atoms with van der Waals surface area (Å²) >= 11 is 6.04. The fourth-order valence-electron chi connectivity index (χ4n) is 3.97. The topological polar surface area (TPSA) is 76.1 Å². The van der Waals surface area contributed by atoms with Crippen LogP contribution in [-0.2, 0) is 16.1 Å². The summed E-state index contributed by atoms with van der Waals surface area (Å²) < 4.78 is 24.4. The third kappa shape index (κ3) is 4.34. The van der Waals surface area contributed by atoms with Gasteiger partial charge in [-0.15, -0.1) is 0 Å². The Balaban J connectivity index is 1.87. The van der Waals surface area contributed by atoms with Crippen molar-refractivity contribution in [2.24, 2.45) is 0 Å². The molecule has 3 aromatic rings. The van der Waals surface area contributed by atoms with E-state index in [1.165, 1.54) is 24.1 Å². The van der Waals surface area contributed by atoms with Gasteiger partial charge in [0.15, 0.2) is 0 Å². The summed E-state index contributed by atoms with van der Waals surface area (Å²) in [5.74, 6) is -2.00. The van der Waals surface area contributed by atoms with E-state index in [4.69, 9.17) is 21.1 Å². The van der Waals surface area contributed by atoms with Crippen molar-refractivity contribution in [1.82, 2.24) is 4.90 Å². The summed E-state index contributed by atoms with van der Waals surface area (Å²) in [5, 5.41) is 11.6. The van der Waals surface area contributed by atoms with Crippen LogP contribution in [-0.4, -0.2) is 35.9 Å². The highest BCUT2D eigenvalue weighted by Crippen LogP contribution is 2.42. The molecule has 0 saturated carbocycles. The average Bonchev–Trinajstić information content (AvgIpc) is 3.09. The number of carbonyl (C=O) groups excluding carboxylic acids is 2. The number of methoxy groups -OCH3 is 2. The van der Waals surface area contributed by atoms with Crippen LogP contribution in [0.5, 0.6) is 11.5 Å². The average molecular weight is 482 g/mol. The van der Waals surface area contributed by atoms with E-state index in [2.05, 4.69) is 0 Å². The molecule has 1 aliphatic heterocycles. The highest BCUT2D eigenvalue weighted by atomic mass is 35.5. The van der Waals surface area contributed by atoms with Crippen molar-refractivity contribution < 1.29 is 28.6 Å². The number of aliphatic hydroxyl groups is 1. The fourth-order valence-corrected chi connectivity index (χ4v) is 4.10. The summed E-state index contributed by atoms with van der Waals surface area (Å²) in [6.07, 6.45) is 0. The van der Waals surface area contributed by atoms with Gasteiger partial charge in [-0.25, -0.2) is 4.39 Å². The van der Waals surface area contributed by atoms with Crippen molar-refractivity contribution in [3.05, 3.63) is 99.8 Å². The van der Waals surface area contributed by atoms with Gasteiger partial charge in [-0.2, -0.15) is 0 Å². The first-order valence-corrected chi connectivity index (χ1v) is 10.7. The van der Waals surface area contributed by atoms with E-state index in [0.29, 0.717) is 16.3 Å². The molecule has 4 rings (SSSR count). The Morgan fingerprint density at radius 3 is 2.29 bits per heavy atom. The Hall–Kier alpha value is -3.84. The Kier molecular flexibility index (Phi) is 6.56. The minimum atomic E-state index is -0.924. The van der Waals surface area contributed by atoms with Crippen LogP contribution in [0.3, 0.4) is 0 Å². The van der Waals surface area contributed by atoms with Crippen LogP contribution in [0.1, 0.15) is 22.7 Å². The lowest BCUT2D eigenvalue weighted by Gasteiger charge is -2.25. The largest absolute Gasteiger partial charge is 0.507 e. The van der Waals surface area contributed by atoms with Crippen LogP contribution in [0, 0.1) is 5.82 Å². The van der Waals surface area contributed by atoms with Gasteiger partial charge in [0.05, 0.1) is 31.4 Å². The first kappa shape index (κ1) is 23.3. The van der Waals surface area contributed by atoms with Crippen molar-refractivity contribution >= 4 is 29.1 Å². The monoisotopic (exact) mass is 481 g/mol. The van der Waals surface area contributed by atoms with Crippen LogP contribution < -0.4 is 9.47 Å². The number of Topliss-reactive ketones (excluding diaryl/α,β-unsaturated/α-hetero) is 1. The maximum absolute atomic E-state index is 14.0. The zero-order valence-corrected chi connectivity index (χ0v) is 19.2. The molecule has 1 atom stereocenters. The number of halogens is 2. The first-order valence-electron chi connectivity index (χ1n) is 10.3. The van der Waals surface area contributed by atoms with Crippen molar-refractivity contribution in [2.75, 3.05) is 14.2 Å². The zero-order valence-electron chi connectivity index (χ0n) is 18.4. The predicted molar refractivity (Wildman–Crippen MR) is 125 cm³/mol. The molecule has 1 saturated heterocycles. The summed E-state index contributed by atoms with van der Waals surface area (Å²) in [7, 11) is 2.91. The van der Waals surface area contributed by atoms with Crippen LogP contribution >= 0.6 is 11.6 Å². The lowest BCUT2D eigenvalue weighted by Crippen LogP contribution is -2.29. The summed E-state index contributed by atoms with van der Waals surface area (Å²) in [5.41, 5.74) is 1.13. The lowest BCUT2D eigenvalue weighted by molar-refractivity contribution is -0.140. The van der Waals surface area contributed by atoms with Gasteiger partial charge in [-0.3, -0.25) is 9.59 Å². The molecule has 0 spiro atoms. The number of hydrogen-bond donors (Lipinski definition) is 1. The second-order valence-electron chi connectivity index (χ2n) is 7.67. The van der Waals surface area contributed by atoms with Gasteiger partial charge in [0.2, 0.25) is 0 Å². The molecular weight excluding hydrogens is 461 g/mol. The molecule has 0 bridgehead atoms. The number of rotatable bonds is 6. The third-order valence-electron chi connectivity index (χ3n) is 5.65. The van der Waals surface area contributed by atoms with Gasteiger partial charge in [-0.05, 0) is 53.6 Å².